The fourth-order valence-electron chi connectivity index (χ4n) is 4.71. The highest BCUT2D eigenvalue weighted by Crippen LogP contribution is 2.23. The molecule has 1 fully saturated rings. The van der Waals surface area contributed by atoms with Crippen molar-refractivity contribution in [3.63, 3.8) is 0 Å². The Kier molecular flexibility index (Phi) is 5.57. The van der Waals surface area contributed by atoms with Gasteiger partial charge in [-0.25, -0.2) is 4.98 Å². The van der Waals surface area contributed by atoms with Gasteiger partial charge in [0.05, 0.1) is 36.2 Å². The topological polar surface area (TPSA) is 83.6 Å². The fourth-order valence-corrected chi connectivity index (χ4v) is 4.71. The highest BCUT2D eigenvalue weighted by atomic mass is 16.5. The molecule has 8 heteroatoms. The molecule has 1 aromatic carbocycles. The smallest absolute Gasteiger partial charge is 0.255 e. The third-order valence-corrected chi connectivity index (χ3v) is 6.20. The Labute approximate surface area is 187 Å². The summed E-state index contributed by atoms with van der Waals surface area (Å²) in [5.41, 5.74) is 3.61. The standard InChI is InChI=1S/C24H29N5O3/c1-15-11-29(12-16(2)32-15)24-26-22-14-28(9-8-20(22)23(30)27-24)13-18-5-4-17-10-19(31-3)6-7-21(17)25-18/h4-7,10,15-16H,8-9,11-14H2,1-3H3,(H,26,27,30). The number of ether oxygens (including phenoxy) is 2. The summed E-state index contributed by atoms with van der Waals surface area (Å²) in [5.74, 6) is 1.48. The van der Waals surface area contributed by atoms with Crippen molar-refractivity contribution in [2.24, 2.45) is 0 Å². The Bertz CT molecular complexity index is 1180. The van der Waals surface area contributed by atoms with Gasteiger partial charge in [0.1, 0.15) is 5.75 Å². The van der Waals surface area contributed by atoms with Crippen LogP contribution in [0.15, 0.2) is 35.1 Å². The van der Waals surface area contributed by atoms with Gasteiger partial charge in [-0.2, -0.15) is 0 Å². The van der Waals surface area contributed by atoms with Crippen molar-refractivity contribution in [3.8, 4) is 5.75 Å². The molecule has 0 amide bonds. The van der Waals surface area contributed by atoms with Gasteiger partial charge in [0.2, 0.25) is 5.95 Å². The number of morpholine rings is 1. The molecule has 4 heterocycles. The Morgan fingerprint density at radius 1 is 1.16 bits per heavy atom. The summed E-state index contributed by atoms with van der Waals surface area (Å²) in [7, 11) is 1.67. The molecule has 0 aliphatic carbocycles. The Balaban J connectivity index is 1.35. The van der Waals surface area contributed by atoms with E-state index in [-0.39, 0.29) is 17.8 Å². The molecule has 8 nitrogen and oxygen atoms in total. The number of aromatic nitrogens is 3. The van der Waals surface area contributed by atoms with Gasteiger partial charge in [-0.15, -0.1) is 0 Å². The summed E-state index contributed by atoms with van der Waals surface area (Å²) >= 11 is 0. The number of anilines is 1. The molecule has 2 aliphatic heterocycles. The van der Waals surface area contributed by atoms with Crippen molar-refractivity contribution in [2.45, 2.75) is 45.6 Å². The van der Waals surface area contributed by atoms with E-state index in [0.717, 1.165) is 59.8 Å². The zero-order chi connectivity index (χ0) is 22.2. The quantitative estimate of drug-likeness (QED) is 0.674. The zero-order valence-electron chi connectivity index (χ0n) is 18.8. The molecule has 0 radical (unpaired) electrons. The number of methoxy groups -OCH3 is 1. The van der Waals surface area contributed by atoms with Crippen molar-refractivity contribution < 1.29 is 9.47 Å². The molecule has 5 rings (SSSR count). The first-order valence-electron chi connectivity index (χ1n) is 11.2. The van der Waals surface area contributed by atoms with Gasteiger partial charge in [-0.05, 0) is 44.5 Å². The van der Waals surface area contributed by atoms with Gasteiger partial charge >= 0.3 is 0 Å². The van der Waals surface area contributed by atoms with E-state index in [4.69, 9.17) is 19.4 Å². The Morgan fingerprint density at radius 2 is 1.97 bits per heavy atom. The van der Waals surface area contributed by atoms with Crippen LogP contribution in [-0.2, 0) is 24.2 Å². The van der Waals surface area contributed by atoms with Crippen molar-refractivity contribution in [2.75, 3.05) is 31.6 Å². The Morgan fingerprint density at radius 3 is 2.75 bits per heavy atom. The number of nitrogens with one attached hydrogen (secondary N) is 1. The monoisotopic (exact) mass is 435 g/mol. The molecular weight excluding hydrogens is 406 g/mol. The lowest BCUT2D eigenvalue weighted by Crippen LogP contribution is -2.47. The number of hydrogen-bond donors (Lipinski definition) is 1. The normalized spacial score (nSPS) is 21.5. The van der Waals surface area contributed by atoms with Gasteiger partial charge in [0.15, 0.2) is 0 Å². The number of nitrogens with zero attached hydrogens (tertiary/aromatic N) is 4. The van der Waals surface area contributed by atoms with Crippen LogP contribution in [0.25, 0.3) is 10.9 Å². The first-order valence-corrected chi connectivity index (χ1v) is 11.2. The number of H-pyrrole nitrogens is 1. The van der Waals surface area contributed by atoms with E-state index in [0.29, 0.717) is 18.9 Å². The van der Waals surface area contributed by atoms with Crippen molar-refractivity contribution in [3.05, 3.63) is 57.6 Å². The average molecular weight is 436 g/mol. The summed E-state index contributed by atoms with van der Waals surface area (Å²) in [4.78, 5) is 29.9. The number of pyridine rings is 1. The van der Waals surface area contributed by atoms with E-state index in [1.54, 1.807) is 7.11 Å². The largest absolute Gasteiger partial charge is 0.497 e. The minimum atomic E-state index is -0.0192. The number of aromatic amines is 1. The molecule has 2 aromatic heterocycles. The van der Waals surface area contributed by atoms with Crippen molar-refractivity contribution >= 4 is 16.9 Å². The Hall–Kier alpha value is -2.97. The number of benzene rings is 1. The van der Waals surface area contributed by atoms with E-state index in [2.05, 4.69) is 26.9 Å². The van der Waals surface area contributed by atoms with Gasteiger partial charge in [0.25, 0.3) is 5.56 Å². The van der Waals surface area contributed by atoms with E-state index < -0.39 is 0 Å². The van der Waals surface area contributed by atoms with Crippen LogP contribution in [0.2, 0.25) is 0 Å². The second-order valence-corrected chi connectivity index (χ2v) is 8.80. The van der Waals surface area contributed by atoms with Crippen LogP contribution >= 0.6 is 0 Å². The van der Waals surface area contributed by atoms with Gasteiger partial charge in [-0.3, -0.25) is 19.7 Å². The summed E-state index contributed by atoms with van der Waals surface area (Å²) in [5, 5.41) is 1.06. The molecule has 2 aliphatic rings. The maximum Gasteiger partial charge on any atom is 0.255 e. The van der Waals surface area contributed by atoms with E-state index in [1.807, 2.05) is 32.0 Å². The number of hydrogen-bond acceptors (Lipinski definition) is 7. The molecule has 2 unspecified atom stereocenters. The SMILES string of the molecule is COc1ccc2nc(CN3CCc4c(nc(N5CC(C)OC(C)C5)[nH]c4=O)C3)ccc2c1. The van der Waals surface area contributed by atoms with Crippen molar-refractivity contribution in [1.29, 1.82) is 0 Å². The second-order valence-electron chi connectivity index (χ2n) is 8.80. The summed E-state index contributed by atoms with van der Waals surface area (Å²) in [6.45, 7) is 7.72. The maximum absolute atomic E-state index is 12.8. The van der Waals surface area contributed by atoms with Gasteiger partial charge < -0.3 is 14.4 Å². The molecule has 2 atom stereocenters. The van der Waals surface area contributed by atoms with Crippen LogP contribution < -0.4 is 15.2 Å². The number of rotatable bonds is 4. The van der Waals surface area contributed by atoms with Crippen LogP contribution in [-0.4, -0.2) is 58.8 Å². The van der Waals surface area contributed by atoms with Gasteiger partial charge in [-0.1, -0.05) is 6.07 Å². The second kappa shape index (κ2) is 8.52. The maximum atomic E-state index is 12.8. The molecule has 1 N–H and O–H groups in total. The molecular formula is C24H29N5O3. The molecule has 168 valence electrons. The lowest BCUT2D eigenvalue weighted by Gasteiger charge is -2.36. The minimum Gasteiger partial charge on any atom is -0.497 e. The van der Waals surface area contributed by atoms with Gasteiger partial charge in [0, 0.05) is 43.7 Å². The molecule has 0 bridgehead atoms. The lowest BCUT2D eigenvalue weighted by atomic mass is 10.1. The van der Waals surface area contributed by atoms with Crippen LogP contribution in [0.4, 0.5) is 5.95 Å². The third-order valence-electron chi connectivity index (χ3n) is 6.20. The van der Waals surface area contributed by atoms with E-state index in [1.165, 1.54) is 0 Å². The van der Waals surface area contributed by atoms with Crippen LogP contribution in [0.1, 0.15) is 30.8 Å². The lowest BCUT2D eigenvalue weighted by molar-refractivity contribution is -0.00576. The molecule has 1 saturated heterocycles. The average Bonchev–Trinajstić information content (AvgIpc) is 2.78. The highest BCUT2D eigenvalue weighted by molar-refractivity contribution is 5.80. The molecule has 0 saturated carbocycles. The number of fused-ring (bicyclic) bond motifs is 2. The van der Waals surface area contributed by atoms with E-state index >= 15 is 0 Å². The summed E-state index contributed by atoms with van der Waals surface area (Å²) in [6, 6.07) is 10.1. The van der Waals surface area contributed by atoms with Crippen LogP contribution in [0.5, 0.6) is 5.75 Å². The highest BCUT2D eigenvalue weighted by Gasteiger charge is 2.27. The molecule has 32 heavy (non-hydrogen) atoms. The summed E-state index contributed by atoms with van der Waals surface area (Å²) in [6.07, 6.45) is 0.907. The summed E-state index contributed by atoms with van der Waals surface area (Å²) < 4.78 is 11.1. The fraction of sp³-hybridized carbons (Fsp3) is 0.458. The third kappa shape index (κ3) is 4.20. The zero-order valence-corrected chi connectivity index (χ0v) is 18.8. The van der Waals surface area contributed by atoms with Crippen LogP contribution in [0, 0.1) is 0 Å². The first-order chi connectivity index (χ1) is 15.5. The molecule has 0 spiro atoms. The predicted molar refractivity (Wildman–Crippen MR) is 123 cm³/mol. The predicted octanol–water partition coefficient (Wildman–Crippen LogP) is 2.50. The first kappa shape index (κ1) is 20.9. The molecule has 3 aromatic rings. The van der Waals surface area contributed by atoms with Crippen molar-refractivity contribution in [1.82, 2.24) is 19.9 Å². The van der Waals surface area contributed by atoms with Crippen LogP contribution in [0.3, 0.4) is 0 Å². The minimum absolute atomic E-state index is 0.0192. The van der Waals surface area contributed by atoms with E-state index in [9.17, 15) is 4.79 Å².